The van der Waals surface area contributed by atoms with E-state index in [1.807, 2.05) is 19.1 Å². The summed E-state index contributed by atoms with van der Waals surface area (Å²) in [6.07, 6.45) is 1.67. The molecule has 1 aliphatic rings. The van der Waals surface area contributed by atoms with Crippen molar-refractivity contribution in [1.29, 1.82) is 0 Å². The first-order valence-corrected chi connectivity index (χ1v) is 8.26. The Bertz CT molecular complexity index is 525. The Morgan fingerprint density at radius 1 is 1.33 bits per heavy atom. The van der Waals surface area contributed by atoms with Crippen LogP contribution in [0.1, 0.15) is 18.4 Å². The molecule has 0 unspecified atom stereocenters. The summed E-state index contributed by atoms with van der Waals surface area (Å²) in [5.41, 5.74) is 1.03. The van der Waals surface area contributed by atoms with Crippen LogP contribution in [0.25, 0.3) is 0 Å². The zero-order valence-electron chi connectivity index (χ0n) is 10.2. The maximum absolute atomic E-state index is 12.3. The van der Waals surface area contributed by atoms with Crippen LogP contribution in [-0.2, 0) is 10.0 Å². The summed E-state index contributed by atoms with van der Waals surface area (Å²) in [6.45, 7) is 3.66. The summed E-state index contributed by atoms with van der Waals surface area (Å²) in [7, 11) is -3.43. The molecule has 1 aromatic rings. The van der Waals surface area contributed by atoms with Gasteiger partial charge in [0.05, 0.1) is 4.90 Å². The molecule has 18 heavy (non-hydrogen) atoms. The lowest BCUT2D eigenvalue weighted by Crippen LogP contribution is -2.42. The van der Waals surface area contributed by atoms with Gasteiger partial charge in [-0.1, -0.05) is 6.07 Å². The Labute approximate surface area is 116 Å². The predicted molar refractivity (Wildman–Crippen MR) is 75.1 cm³/mol. The van der Waals surface area contributed by atoms with E-state index in [-0.39, 0.29) is 6.04 Å². The molecule has 1 aliphatic heterocycles. The van der Waals surface area contributed by atoms with Crippen LogP contribution in [0, 0.1) is 6.92 Å². The van der Waals surface area contributed by atoms with Gasteiger partial charge in [0.25, 0.3) is 0 Å². The number of aryl methyl sites for hydroxylation is 1. The highest BCUT2D eigenvalue weighted by Crippen LogP contribution is 2.23. The Morgan fingerprint density at radius 2 is 2.00 bits per heavy atom. The third-order valence-electron chi connectivity index (χ3n) is 3.04. The first-order valence-electron chi connectivity index (χ1n) is 5.98. The molecule has 0 amide bonds. The zero-order valence-corrected chi connectivity index (χ0v) is 12.6. The minimum absolute atomic E-state index is 0.0319. The van der Waals surface area contributed by atoms with Crippen molar-refractivity contribution in [2.24, 2.45) is 0 Å². The Kier molecular flexibility index (Phi) is 4.42. The molecule has 2 N–H and O–H groups in total. The number of hydrogen-bond acceptors (Lipinski definition) is 3. The average Bonchev–Trinajstić information content (AvgIpc) is 2.29. The molecule has 2 rings (SSSR count). The van der Waals surface area contributed by atoms with E-state index >= 15 is 0 Å². The Balaban J connectivity index is 2.19. The first kappa shape index (κ1) is 14.0. The number of nitrogens with one attached hydrogen (secondary N) is 2. The van der Waals surface area contributed by atoms with Crippen molar-refractivity contribution in [3.8, 4) is 0 Å². The van der Waals surface area contributed by atoms with E-state index < -0.39 is 10.0 Å². The lowest BCUT2D eigenvalue weighted by atomic mass is 10.1. The summed E-state index contributed by atoms with van der Waals surface area (Å²) < 4.78 is 27.9. The van der Waals surface area contributed by atoms with Crippen LogP contribution < -0.4 is 10.0 Å². The standard InChI is InChI=1S/C12H17BrN2O2S/c1-9-2-3-12(11(13)8-9)18(16,17)15-10-4-6-14-7-5-10/h2-3,8,10,14-15H,4-7H2,1H3. The summed E-state index contributed by atoms with van der Waals surface area (Å²) in [4.78, 5) is 0.312. The van der Waals surface area contributed by atoms with Crippen molar-refractivity contribution in [3.05, 3.63) is 28.2 Å². The number of rotatable bonds is 3. The molecule has 0 radical (unpaired) electrons. The van der Waals surface area contributed by atoms with Gasteiger partial charge < -0.3 is 5.32 Å². The number of benzene rings is 1. The minimum Gasteiger partial charge on any atom is -0.317 e. The smallest absolute Gasteiger partial charge is 0.241 e. The normalized spacial score (nSPS) is 17.9. The van der Waals surface area contributed by atoms with Crippen LogP contribution in [0.4, 0.5) is 0 Å². The van der Waals surface area contributed by atoms with Crippen LogP contribution >= 0.6 is 15.9 Å². The van der Waals surface area contributed by atoms with Crippen LogP contribution in [0.15, 0.2) is 27.6 Å². The van der Waals surface area contributed by atoms with Gasteiger partial charge in [-0.05, 0) is 66.5 Å². The quantitative estimate of drug-likeness (QED) is 0.887. The van der Waals surface area contributed by atoms with Gasteiger partial charge in [0.2, 0.25) is 10.0 Å². The highest BCUT2D eigenvalue weighted by atomic mass is 79.9. The van der Waals surface area contributed by atoms with Crippen molar-refractivity contribution < 1.29 is 8.42 Å². The number of hydrogen-bond donors (Lipinski definition) is 2. The summed E-state index contributed by atoms with van der Waals surface area (Å²) in [6, 6.07) is 5.30. The molecule has 0 bridgehead atoms. The highest BCUT2D eigenvalue weighted by Gasteiger charge is 2.23. The molecule has 4 nitrogen and oxygen atoms in total. The van der Waals surface area contributed by atoms with Crippen molar-refractivity contribution in [1.82, 2.24) is 10.0 Å². The maximum atomic E-state index is 12.3. The van der Waals surface area contributed by atoms with E-state index in [2.05, 4.69) is 26.0 Å². The number of piperidine rings is 1. The highest BCUT2D eigenvalue weighted by molar-refractivity contribution is 9.10. The fourth-order valence-corrected chi connectivity index (χ4v) is 4.54. The molecule has 100 valence electrons. The fraction of sp³-hybridized carbons (Fsp3) is 0.500. The van der Waals surface area contributed by atoms with Gasteiger partial charge >= 0.3 is 0 Å². The van der Waals surface area contributed by atoms with Crippen molar-refractivity contribution in [2.45, 2.75) is 30.7 Å². The zero-order chi connectivity index (χ0) is 13.2. The van der Waals surface area contributed by atoms with Gasteiger partial charge in [-0.2, -0.15) is 0 Å². The SMILES string of the molecule is Cc1ccc(S(=O)(=O)NC2CCNCC2)c(Br)c1. The van der Waals surface area contributed by atoms with Crippen LogP contribution in [0.5, 0.6) is 0 Å². The molecule has 1 aromatic carbocycles. The van der Waals surface area contributed by atoms with Gasteiger partial charge in [-0.15, -0.1) is 0 Å². The molecular formula is C12H17BrN2O2S. The lowest BCUT2D eigenvalue weighted by Gasteiger charge is -2.23. The van der Waals surface area contributed by atoms with Gasteiger partial charge in [0, 0.05) is 10.5 Å². The molecule has 0 aromatic heterocycles. The van der Waals surface area contributed by atoms with Crippen LogP contribution in [0.3, 0.4) is 0 Å². The van der Waals surface area contributed by atoms with E-state index in [0.717, 1.165) is 31.5 Å². The van der Waals surface area contributed by atoms with E-state index in [1.165, 1.54) is 0 Å². The average molecular weight is 333 g/mol. The van der Waals surface area contributed by atoms with Crippen molar-refractivity contribution in [2.75, 3.05) is 13.1 Å². The lowest BCUT2D eigenvalue weighted by molar-refractivity contribution is 0.427. The number of halogens is 1. The van der Waals surface area contributed by atoms with E-state index in [4.69, 9.17) is 0 Å². The van der Waals surface area contributed by atoms with Crippen molar-refractivity contribution in [3.63, 3.8) is 0 Å². The van der Waals surface area contributed by atoms with Gasteiger partial charge in [0.15, 0.2) is 0 Å². The van der Waals surface area contributed by atoms with E-state index in [9.17, 15) is 8.42 Å². The van der Waals surface area contributed by atoms with Crippen LogP contribution in [-0.4, -0.2) is 27.5 Å². The Morgan fingerprint density at radius 3 is 2.61 bits per heavy atom. The molecule has 1 heterocycles. The summed E-state index contributed by atoms with van der Waals surface area (Å²) >= 11 is 3.32. The minimum atomic E-state index is -3.43. The van der Waals surface area contributed by atoms with E-state index in [0.29, 0.717) is 9.37 Å². The van der Waals surface area contributed by atoms with Gasteiger partial charge in [0.1, 0.15) is 0 Å². The topological polar surface area (TPSA) is 58.2 Å². The molecule has 0 spiro atoms. The molecule has 0 aliphatic carbocycles. The second-order valence-corrected chi connectivity index (χ2v) is 7.12. The van der Waals surface area contributed by atoms with Gasteiger partial charge in [-0.25, -0.2) is 13.1 Å². The monoisotopic (exact) mass is 332 g/mol. The Hall–Kier alpha value is -0.430. The predicted octanol–water partition coefficient (Wildman–Crippen LogP) is 1.79. The second kappa shape index (κ2) is 5.69. The van der Waals surface area contributed by atoms with E-state index in [1.54, 1.807) is 6.07 Å². The fourth-order valence-electron chi connectivity index (χ4n) is 2.05. The molecule has 0 atom stereocenters. The summed E-state index contributed by atoms with van der Waals surface area (Å²) in [5, 5.41) is 3.22. The van der Waals surface area contributed by atoms with Gasteiger partial charge in [-0.3, -0.25) is 0 Å². The van der Waals surface area contributed by atoms with Crippen molar-refractivity contribution >= 4 is 26.0 Å². The third-order valence-corrected chi connectivity index (χ3v) is 5.54. The molecule has 1 saturated heterocycles. The molecule has 1 fully saturated rings. The summed E-state index contributed by atoms with van der Waals surface area (Å²) in [5.74, 6) is 0. The molecule has 6 heteroatoms. The third kappa shape index (κ3) is 3.32. The van der Waals surface area contributed by atoms with Crippen LogP contribution in [0.2, 0.25) is 0 Å². The first-order chi connectivity index (χ1) is 8.49. The maximum Gasteiger partial charge on any atom is 0.241 e. The molecular weight excluding hydrogens is 316 g/mol. The number of sulfonamides is 1. The largest absolute Gasteiger partial charge is 0.317 e. The second-order valence-electron chi connectivity index (χ2n) is 4.58. The molecule has 0 saturated carbocycles.